The first-order valence-corrected chi connectivity index (χ1v) is 14.5. The van der Waals surface area contributed by atoms with Gasteiger partial charge >= 0.3 is 0 Å². The number of benzene rings is 2. The Labute approximate surface area is 216 Å². The molecule has 1 aliphatic carbocycles. The molecule has 3 aromatic rings. The summed E-state index contributed by atoms with van der Waals surface area (Å²) in [6.07, 6.45) is 4.32. The average Bonchev–Trinajstić information content (AvgIpc) is 3.32. The first kappa shape index (κ1) is 25.2. The van der Waals surface area contributed by atoms with Crippen LogP contribution in [0.15, 0.2) is 48.5 Å². The molecule has 0 amide bonds. The third-order valence-corrected chi connectivity index (χ3v) is 8.90. The van der Waals surface area contributed by atoms with Gasteiger partial charge in [0.2, 0.25) is 0 Å². The van der Waals surface area contributed by atoms with E-state index < -0.39 is 15.7 Å². The second kappa shape index (κ2) is 10.5. The molecular formula is C27H31FN6O2S. The van der Waals surface area contributed by atoms with E-state index in [1.165, 1.54) is 12.1 Å². The highest BCUT2D eigenvalue weighted by Gasteiger charge is 2.23. The summed E-state index contributed by atoms with van der Waals surface area (Å²) in [5.41, 5.74) is 9.20. The molecule has 1 aromatic heterocycles. The van der Waals surface area contributed by atoms with Crippen molar-refractivity contribution < 1.29 is 12.8 Å². The van der Waals surface area contributed by atoms with E-state index in [1.54, 1.807) is 10.7 Å². The van der Waals surface area contributed by atoms with Crippen molar-refractivity contribution in [2.45, 2.75) is 31.7 Å². The maximum atomic E-state index is 14.5. The second-order valence-corrected chi connectivity index (χ2v) is 12.3. The van der Waals surface area contributed by atoms with Crippen molar-refractivity contribution in [1.29, 1.82) is 5.26 Å². The fraction of sp³-hybridized carbons (Fsp3) is 0.407. The summed E-state index contributed by atoms with van der Waals surface area (Å²) < 4.78 is 39.8. The molecule has 8 nitrogen and oxygen atoms in total. The smallest absolute Gasteiger partial charge is 0.153 e. The summed E-state index contributed by atoms with van der Waals surface area (Å²) in [5, 5.41) is 17.4. The molecule has 2 aromatic carbocycles. The Bertz CT molecular complexity index is 1400. The van der Waals surface area contributed by atoms with Gasteiger partial charge in [-0.15, -0.1) is 5.10 Å². The summed E-state index contributed by atoms with van der Waals surface area (Å²) in [4.78, 5) is 2.06. The number of rotatable bonds is 6. The van der Waals surface area contributed by atoms with Crippen LogP contribution in [0.4, 0.5) is 15.9 Å². The predicted octanol–water partition coefficient (Wildman–Crippen LogP) is 3.71. The van der Waals surface area contributed by atoms with Crippen LogP contribution in [-0.2, 0) is 9.84 Å². The molecule has 0 spiro atoms. The summed E-state index contributed by atoms with van der Waals surface area (Å²) in [6.45, 7) is 1.71. The van der Waals surface area contributed by atoms with Gasteiger partial charge in [0.25, 0.3) is 0 Å². The van der Waals surface area contributed by atoms with Gasteiger partial charge in [0.05, 0.1) is 28.5 Å². The largest absolute Gasteiger partial charge is 0.369 e. The van der Waals surface area contributed by atoms with Gasteiger partial charge in [-0.1, -0.05) is 12.5 Å². The lowest BCUT2D eigenvalue weighted by molar-refractivity contribution is 0.335. The van der Waals surface area contributed by atoms with Gasteiger partial charge in [-0.3, -0.25) is 0 Å². The number of nitrogens with one attached hydrogen (secondary N) is 1. The predicted molar refractivity (Wildman–Crippen MR) is 143 cm³/mol. The van der Waals surface area contributed by atoms with Gasteiger partial charge in [-0.05, 0) is 61.6 Å². The second-order valence-electron chi connectivity index (χ2n) is 9.96. The zero-order chi connectivity index (χ0) is 26.0. The van der Waals surface area contributed by atoms with Crippen LogP contribution in [0.1, 0.15) is 31.2 Å². The molecule has 1 unspecified atom stereocenters. The summed E-state index contributed by atoms with van der Waals surface area (Å²) in [6, 6.07) is 16.3. The molecule has 0 bridgehead atoms. The molecule has 5 rings (SSSR count). The number of anilines is 2. The standard InChI is InChI=1S/C27H31FN6O2S/c28-25-15-20(4-5-21(25)17-29)26-16-27(31-18-19-2-1-3-22(30)14-19)32-34(26)24-8-6-23(7-9-24)33-10-12-37(35,36)13-11-33/h4-9,15-16,19,22H,1-3,10-14,18,30H2,(H,31,32)/t19?,22-/m0/s1. The van der Waals surface area contributed by atoms with Crippen molar-refractivity contribution in [3.05, 3.63) is 59.9 Å². The maximum absolute atomic E-state index is 14.5. The van der Waals surface area contributed by atoms with E-state index in [4.69, 9.17) is 16.1 Å². The quantitative estimate of drug-likeness (QED) is 0.507. The minimum absolute atomic E-state index is 0.00491. The Hall–Kier alpha value is -3.42. The lowest BCUT2D eigenvalue weighted by atomic mass is 9.86. The number of aromatic nitrogens is 2. The van der Waals surface area contributed by atoms with E-state index in [2.05, 4.69) is 10.2 Å². The Morgan fingerprint density at radius 2 is 1.81 bits per heavy atom. The molecule has 10 heteroatoms. The van der Waals surface area contributed by atoms with E-state index in [1.807, 2.05) is 36.4 Å². The van der Waals surface area contributed by atoms with E-state index in [9.17, 15) is 12.8 Å². The molecule has 37 heavy (non-hydrogen) atoms. The molecule has 0 radical (unpaired) electrons. The van der Waals surface area contributed by atoms with Gasteiger partial charge in [-0.25, -0.2) is 17.5 Å². The van der Waals surface area contributed by atoms with Crippen molar-refractivity contribution in [2.24, 2.45) is 11.7 Å². The Kier molecular flexibility index (Phi) is 7.17. The van der Waals surface area contributed by atoms with Crippen LogP contribution in [0.3, 0.4) is 0 Å². The highest BCUT2D eigenvalue weighted by Crippen LogP contribution is 2.30. The average molecular weight is 523 g/mol. The number of hydrogen-bond donors (Lipinski definition) is 2. The summed E-state index contributed by atoms with van der Waals surface area (Å²) >= 11 is 0. The van der Waals surface area contributed by atoms with Gasteiger partial charge < -0.3 is 16.0 Å². The molecule has 2 heterocycles. The van der Waals surface area contributed by atoms with Gasteiger partial charge in [0.1, 0.15) is 17.7 Å². The zero-order valence-corrected chi connectivity index (χ0v) is 21.4. The molecular weight excluding hydrogens is 491 g/mol. The minimum Gasteiger partial charge on any atom is -0.369 e. The number of hydrogen-bond acceptors (Lipinski definition) is 7. The van der Waals surface area contributed by atoms with E-state index in [0.29, 0.717) is 36.1 Å². The van der Waals surface area contributed by atoms with Crippen LogP contribution >= 0.6 is 0 Å². The Balaban J connectivity index is 1.42. The molecule has 2 aliphatic rings. The number of sulfone groups is 1. The topological polar surface area (TPSA) is 117 Å². The maximum Gasteiger partial charge on any atom is 0.153 e. The highest BCUT2D eigenvalue weighted by atomic mass is 32.2. The van der Waals surface area contributed by atoms with Crippen molar-refractivity contribution in [3.63, 3.8) is 0 Å². The molecule has 3 N–H and O–H groups in total. The van der Waals surface area contributed by atoms with Crippen LogP contribution in [-0.4, -0.2) is 55.4 Å². The van der Waals surface area contributed by atoms with Gasteiger partial charge in [-0.2, -0.15) is 5.26 Å². The Morgan fingerprint density at radius 1 is 1.08 bits per heavy atom. The normalized spacial score (nSPS) is 21.4. The SMILES string of the molecule is N#Cc1ccc(-c2cc(NCC3CCC[C@H](N)C3)nn2-c2ccc(N3CCS(=O)(=O)CC3)cc2)cc1F. The third kappa shape index (κ3) is 5.78. The summed E-state index contributed by atoms with van der Waals surface area (Å²) in [7, 11) is -2.95. The number of nitriles is 1. The highest BCUT2D eigenvalue weighted by molar-refractivity contribution is 7.91. The van der Waals surface area contributed by atoms with Gasteiger partial charge in [0, 0.05) is 43.0 Å². The van der Waals surface area contributed by atoms with Crippen molar-refractivity contribution in [1.82, 2.24) is 9.78 Å². The lowest BCUT2D eigenvalue weighted by Crippen LogP contribution is -2.40. The molecule has 1 aliphatic heterocycles. The monoisotopic (exact) mass is 522 g/mol. The number of halogens is 1. The third-order valence-electron chi connectivity index (χ3n) is 7.29. The van der Waals surface area contributed by atoms with E-state index in [0.717, 1.165) is 43.6 Å². The molecule has 1 saturated carbocycles. The fourth-order valence-electron chi connectivity index (χ4n) is 5.18. The first-order valence-electron chi connectivity index (χ1n) is 12.7. The molecule has 194 valence electrons. The van der Waals surface area contributed by atoms with Crippen molar-refractivity contribution in [2.75, 3.05) is 41.4 Å². The van der Waals surface area contributed by atoms with Crippen LogP contribution < -0.4 is 16.0 Å². The fourth-order valence-corrected chi connectivity index (χ4v) is 6.38. The minimum atomic E-state index is -2.95. The molecule has 2 atom stereocenters. The van der Waals surface area contributed by atoms with E-state index >= 15 is 0 Å². The van der Waals surface area contributed by atoms with Crippen LogP contribution in [0.25, 0.3) is 16.9 Å². The molecule has 2 fully saturated rings. The zero-order valence-electron chi connectivity index (χ0n) is 20.6. The van der Waals surface area contributed by atoms with Gasteiger partial charge in [0.15, 0.2) is 9.84 Å². The lowest BCUT2D eigenvalue weighted by Gasteiger charge is -2.28. The first-order chi connectivity index (χ1) is 17.8. The van der Waals surface area contributed by atoms with Crippen molar-refractivity contribution in [3.8, 4) is 23.0 Å². The summed E-state index contributed by atoms with van der Waals surface area (Å²) in [5.74, 6) is 0.905. The van der Waals surface area contributed by atoms with Crippen LogP contribution in [0.2, 0.25) is 0 Å². The number of nitrogens with two attached hydrogens (primary N) is 1. The number of nitrogens with zero attached hydrogens (tertiary/aromatic N) is 4. The Morgan fingerprint density at radius 3 is 2.49 bits per heavy atom. The van der Waals surface area contributed by atoms with Crippen molar-refractivity contribution >= 4 is 21.3 Å². The molecule has 1 saturated heterocycles. The van der Waals surface area contributed by atoms with Crippen LogP contribution in [0, 0.1) is 23.1 Å². The van der Waals surface area contributed by atoms with Crippen LogP contribution in [0.5, 0.6) is 0 Å². The van der Waals surface area contributed by atoms with E-state index in [-0.39, 0.29) is 23.1 Å².